The molecule has 0 atom stereocenters. The maximum absolute atomic E-state index is 2.30. The largest absolute Gasteiger partial charge is 0.0651 e. The van der Waals surface area contributed by atoms with Gasteiger partial charge in [0.15, 0.2) is 0 Å². The zero-order valence-corrected chi connectivity index (χ0v) is 10.1. The molecule has 0 aliphatic rings. The van der Waals surface area contributed by atoms with Crippen LogP contribution in [0.5, 0.6) is 0 Å². The van der Waals surface area contributed by atoms with E-state index in [0.717, 1.165) is 6.42 Å². The van der Waals surface area contributed by atoms with Gasteiger partial charge in [-0.25, -0.2) is 0 Å². The van der Waals surface area contributed by atoms with Crippen LogP contribution in [0, 0.1) is 0 Å². The summed E-state index contributed by atoms with van der Waals surface area (Å²) in [4.78, 5) is 0. The van der Waals surface area contributed by atoms with Crippen molar-refractivity contribution < 1.29 is 0 Å². The van der Waals surface area contributed by atoms with Crippen LogP contribution in [-0.4, -0.2) is 0 Å². The van der Waals surface area contributed by atoms with Crippen molar-refractivity contribution in [1.29, 1.82) is 0 Å². The van der Waals surface area contributed by atoms with Gasteiger partial charge in [0.25, 0.3) is 0 Å². The molecule has 0 aliphatic carbocycles. The molecule has 0 spiro atoms. The average molecular weight is 220 g/mol. The molecule has 0 N–H and O–H groups in total. The Bertz CT molecular complexity index is 611. The Balaban J connectivity index is 2.47. The lowest BCUT2D eigenvalue weighted by molar-refractivity contribution is 0.936. The number of hydrogen-bond acceptors (Lipinski definition) is 0. The van der Waals surface area contributed by atoms with Crippen LogP contribution in [0.15, 0.2) is 54.6 Å². The predicted octanol–water partition coefficient (Wildman–Crippen LogP) is 4.95. The quantitative estimate of drug-likeness (QED) is 0.536. The van der Waals surface area contributed by atoms with Crippen molar-refractivity contribution in [2.24, 2.45) is 0 Å². The summed E-state index contributed by atoms with van der Waals surface area (Å²) in [5, 5.41) is 5.53. The Morgan fingerprint density at radius 1 is 0.765 bits per heavy atom. The van der Waals surface area contributed by atoms with Gasteiger partial charge in [-0.05, 0) is 39.6 Å². The Morgan fingerprint density at radius 3 is 1.82 bits per heavy atom. The lowest BCUT2D eigenvalue weighted by Crippen LogP contribution is -1.89. The molecule has 0 saturated heterocycles. The minimum atomic E-state index is 1.15. The molecule has 0 aliphatic heterocycles. The highest BCUT2D eigenvalue weighted by Crippen LogP contribution is 2.29. The molecule has 0 bridgehead atoms. The lowest BCUT2D eigenvalue weighted by atomic mass is 9.94. The fraction of sp³-hybridized carbons (Fsp3) is 0.176. The van der Waals surface area contributed by atoms with Crippen molar-refractivity contribution in [1.82, 2.24) is 0 Å². The highest BCUT2D eigenvalue weighted by molar-refractivity contribution is 6.02. The topological polar surface area (TPSA) is 0 Å². The summed E-state index contributed by atoms with van der Waals surface area (Å²) in [5.41, 5.74) is 1.50. The zero-order valence-electron chi connectivity index (χ0n) is 10.1. The van der Waals surface area contributed by atoms with E-state index in [1.54, 1.807) is 0 Å². The molecule has 3 aromatic rings. The van der Waals surface area contributed by atoms with Crippen molar-refractivity contribution >= 4 is 21.5 Å². The van der Waals surface area contributed by atoms with Crippen LogP contribution < -0.4 is 0 Å². The van der Waals surface area contributed by atoms with Crippen LogP contribution in [-0.2, 0) is 6.42 Å². The molecule has 0 amide bonds. The van der Waals surface area contributed by atoms with E-state index in [1.165, 1.54) is 33.5 Å². The number of rotatable bonds is 2. The Labute approximate surface area is 102 Å². The van der Waals surface area contributed by atoms with Gasteiger partial charge in [-0.2, -0.15) is 0 Å². The highest BCUT2D eigenvalue weighted by Gasteiger charge is 2.05. The second-order valence-electron chi connectivity index (χ2n) is 4.55. The van der Waals surface area contributed by atoms with Gasteiger partial charge in [-0.1, -0.05) is 61.9 Å². The molecule has 3 aromatic carbocycles. The van der Waals surface area contributed by atoms with Crippen molar-refractivity contribution in [3.05, 3.63) is 60.2 Å². The van der Waals surface area contributed by atoms with Crippen molar-refractivity contribution in [2.75, 3.05) is 0 Å². The van der Waals surface area contributed by atoms with E-state index in [-0.39, 0.29) is 0 Å². The maximum Gasteiger partial charge on any atom is -0.0146 e. The molecular formula is C17H16. The van der Waals surface area contributed by atoms with Gasteiger partial charge in [0.2, 0.25) is 0 Å². The molecule has 84 valence electrons. The summed E-state index contributed by atoms with van der Waals surface area (Å²) >= 11 is 0. The molecular weight excluding hydrogens is 204 g/mol. The van der Waals surface area contributed by atoms with Crippen LogP contribution >= 0.6 is 0 Å². The summed E-state index contributed by atoms with van der Waals surface area (Å²) in [6.07, 6.45) is 2.35. The van der Waals surface area contributed by atoms with Crippen LogP contribution in [0.25, 0.3) is 21.5 Å². The molecule has 0 saturated carbocycles. The smallest absolute Gasteiger partial charge is 0.0146 e. The molecule has 0 unspecified atom stereocenters. The van der Waals surface area contributed by atoms with Crippen LogP contribution in [0.3, 0.4) is 0 Å². The number of aryl methyl sites for hydroxylation is 1. The van der Waals surface area contributed by atoms with Gasteiger partial charge in [-0.3, -0.25) is 0 Å². The Morgan fingerprint density at radius 2 is 1.29 bits per heavy atom. The van der Waals surface area contributed by atoms with Gasteiger partial charge >= 0.3 is 0 Å². The molecule has 0 heterocycles. The second-order valence-corrected chi connectivity index (χ2v) is 4.55. The van der Waals surface area contributed by atoms with E-state index < -0.39 is 0 Å². The Kier molecular flexibility index (Phi) is 2.56. The minimum absolute atomic E-state index is 1.15. The lowest BCUT2D eigenvalue weighted by Gasteiger charge is -2.10. The normalized spacial score (nSPS) is 11.1. The second kappa shape index (κ2) is 4.21. The number of benzene rings is 3. The fourth-order valence-corrected chi connectivity index (χ4v) is 2.63. The van der Waals surface area contributed by atoms with E-state index >= 15 is 0 Å². The summed E-state index contributed by atoms with van der Waals surface area (Å²) < 4.78 is 0. The number of hydrogen-bond donors (Lipinski definition) is 0. The van der Waals surface area contributed by atoms with Crippen LogP contribution in [0.1, 0.15) is 18.9 Å². The first kappa shape index (κ1) is 10.3. The van der Waals surface area contributed by atoms with E-state index in [0.29, 0.717) is 0 Å². The summed E-state index contributed by atoms with van der Waals surface area (Å²) in [6.45, 7) is 2.25. The first-order chi connectivity index (χ1) is 8.40. The number of fused-ring (bicyclic) bond motifs is 2. The minimum Gasteiger partial charge on any atom is -0.0651 e. The summed E-state index contributed by atoms with van der Waals surface area (Å²) in [5.74, 6) is 0. The molecule has 0 radical (unpaired) electrons. The SMILES string of the molecule is CCCc1c2ccccc2cc2ccccc12. The van der Waals surface area contributed by atoms with E-state index in [2.05, 4.69) is 61.5 Å². The average Bonchev–Trinajstić information content (AvgIpc) is 2.39. The van der Waals surface area contributed by atoms with Gasteiger partial charge in [-0.15, -0.1) is 0 Å². The van der Waals surface area contributed by atoms with Crippen LogP contribution in [0.4, 0.5) is 0 Å². The zero-order chi connectivity index (χ0) is 11.7. The van der Waals surface area contributed by atoms with Crippen molar-refractivity contribution in [3.8, 4) is 0 Å². The van der Waals surface area contributed by atoms with Gasteiger partial charge < -0.3 is 0 Å². The molecule has 17 heavy (non-hydrogen) atoms. The summed E-state index contributed by atoms with van der Waals surface area (Å²) in [7, 11) is 0. The Hall–Kier alpha value is -1.82. The summed E-state index contributed by atoms with van der Waals surface area (Å²) in [6, 6.07) is 19.7. The third kappa shape index (κ3) is 1.70. The van der Waals surface area contributed by atoms with E-state index in [4.69, 9.17) is 0 Å². The molecule has 0 nitrogen and oxygen atoms in total. The molecule has 0 heteroatoms. The molecule has 3 rings (SSSR count). The predicted molar refractivity (Wildman–Crippen MR) is 75.4 cm³/mol. The monoisotopic (exact) mass is 220 g/mol. The maximum atomic E-state index is 2.30. The first-order valence-corrected chi connectivity index (χ1v) is 6.29. The van der Waals surface area contributed by atoms with Gasteiger partial charge in [0.05, 0.1) is 0 Å². The van der Waals surface area contributed by atoms with Crippen molar-refractivity contribution in [3.63, 3.8) is 0 Å². The van der Waals surface area contributed by atoms with E-state index in [9.17, 15) is 0 Å². The standard InChI is InChI=1S/C17H16/c1-2-7-17-15-10-5-3-8-13(15)12-14-9-4-6-11-16(14)17/h3-6,8-12H,2,7H2,1H3. The fourth-order valence-electron chi connectivity index (χ4n) is 2.63. The third-order valence-corrected chi connectivity index (χ3v) is 3.38. The van der Waals surface area contributed by atoms with Crippen LogP contribution in [0.2, 0.25) is 0 Å². The third-order valence-electron chi connectivity index (χ3n) is 3.38. The molecule has 0 fully saturated rings. The molecule has 0 aromatic heterocycles. The highest BCUT2D eigenvalue weighted by atomic mass is 14.1. The van der Waals surface area contributed by atoms with Gasteiger partial charge in [0.1, 0.15) is 0 Å². The van der Waals surface area contributed by atoms with Crippen molar-refractivity contribution in [2.45, 2.75) is 19.8 Å². The van der Waals surface area contributed by atoms with E-state index in [1.807, 2.05) is 0 Å². The first-order valence-electron chi connectivity index (χ1n) is 6.29. The van der Waals surface area contributed by atoms with Gasteiger partial charge in [0, 0.05) is 0 Å².